The Hall–Kier alpha value is -0.380. The second-order valence-corrected chi connectivity index (χ2v) is 5.37. The minimum Gasteiger partial charge on any atom is -0.356 e. The highest BCUT2D eigenvalue weighted by Gasteiger charge is 2.17. The number of piperidine rings is 1. The summed E-state index contributed by atoms with van der Waals surface area (Å²) in [5.41, 5.74) is 0. The van der Waals surface area contributed by atoms with Gasteiger partial charge in [-0.15, -0.1) is 0 Å². The molecule has 19 heavy (non-hydrogen) atoms. The molecule has 112 valence electrons. The van der Waals surface area contributed by atoms with Gasteiger partial charge in [0, 0.05) is 26.7 Å². The lowest BCUT2D eigenvalue weighted by Crippen LogP contribution is -2.38. The summed E-state index contributed by atoms with van der Waals surface area (Å²) in [5, 5.41) is 0. The van der Waals surface area contributed by atoms with Crippen molar-refractivity contribution in [3.05, 3.63) is 12.2 Å². The Balaban J connectivity index is 2.45. The van der Waals surface area contributed by atoms with E-state index >= 15 is 0 Å². The minimum absolute atomic E-state index is 0.107. The van der Waals surface area contributed by atoms with Gasteiger partial charge in [0.2, 0.25) is 0 Å². The molecule has 0 spiro atoms. The van der Waals surface area contributed by atoms with Crippen LogP contribution in [0.1, 0.15) is 51.9 Å². The Morgan fingerprint density at radius 1 is 1.11 bits per heavy atom. The van der Waals surface area contributed by atoms with Crippen molar-refractivity contribution in [2.45, 2.75) is 64.2 Å². The van der Waals surface area contributed by atoms with E-state index in [1.54, 1.807) is 14.2 Å². The van der Waals surface area contributed by atoms with Crippen LogP contribution in [-0.4, -0.2) is 44.5 Å². The molecule has 1 fully saturated rings. The first-order valence-corrected chi connectivity index (χ1v) is 7.78. The highest BCUT2D eigenvalue weighted by Crippen LogP contribution is 2.17. The number of likely N-dealkylation sites (tertiary alicyclic amines) is 1. The van der Waals surface area contributed by atoms with Crippen LogP contribution in [0.4, 0.5) is 0 Å². The summed E-state index contributed by atoms with van der Waals surface area (Å²) in [5.74, 6) is 0. The fourth-order valence-corrected chi connectivity index (χ4v) is 2.70. The van der Waals surface area contributed by atoms with Gasteiger partial charge in [-0.1, -0.05) is 38.3 Å². The van der Waals surface area contributed by atoms with Gasteiger partial charge in [-0.05, 0) is 32.4 Å². The van der Waals surface area contributed by atoms with Gasteiger partial charge in [0.15, 0.2) is 6.29 Å². The Labute approximate surface area is 119 Å². The summed E-state index contributed by atoms with van der Waals surface area (Å²) in [6.07, 6.45) is 13.3. The summed E-state index contributed by atoms with van der Waals surface area (Å²) in [4.78, 5) is 2.64. The molecular formula is C16H31NO2. The molecule has 0 aliphatic carbocycles. The molecular weight excluding hydrogens is 238 g/mol. The summed E-state index contributed by atoms with van der Waals surface area (Å²) >= 11 is 0. The third-order valence-electron chi connectivity index (χ3n) is 3.93. The van der Waals surface area contributed by atoms with Crippen LogP contribution in [-0.2, 0) is 9.47 Å². The number of rotatable bonds is 9. The van der Waals surface area contributed by atoms with E-state index in [1.165, 1.54) is 51.6 Å². The Morgan fingerprint density at radius 2 is 1.79 bits per heavy atom. The van der Waals surface area contributed by atoms with Gasteiger partial charge in [-0.2, -0.15) is 0 Å². The molecule has 0 aromatic carbocycles. The fourth-order valence-electron chi connectivity index (χ4n) is 2.70. The van der Waals surface area contributed by atoms with Gasteiger partial charge < -0.3 is 9.47 Å². The van der Waals surface area contributed by atoms with E-state index in [2.05, 4.69) is 24.0 Å². The molecule has 3 heteroatoms. The lowest BCUT2D eigenvalue weighted by atomic mass is 10.0. The van der Waals surface area contributed by atoms with E-state index in [-0.39, 0.29) is 6.29 Å². The standard InChI is InChI=1S/C16H31NO2/c1-4-5-10-15(17-13-7-6-8-14-17)11-9-12-16(18-2)19-3/h9,11,15-16H,4-8,10,12-14H2,1-3H3. The lowest BCUT2D eigenvalue weighted by Gasteiger charge is -2.33. The van der Waals surface area contributed by atoms with Crippen LogP contribution in [0.3, 0.4) is 0 Å². The molecule has 3 nitrogen and oxygen atoms in total. The molecule has 1 atom stereocenters. The zero-order valence-electron chi connectivity index (χ0n) is 12.9. The van der Waals surface area contributed by atoms with Crippen LogP contribution >= 0.6 is 0 Å². The van der Waals surface area contributed by atoms with E-state index in [1.807, 2.05) is 0 Å². The largest absolute Gasteiger partial charge is 0.356 e. The van der Waals surface area contributed by atoms with Crippen LogP contribution in [0, 0.1) is 0 Å². The maximum Gasteiger partial charge on any atom is 0.160 e. The van der Waals surface area contributed by atoms with E-state index in [0.29, 0.717) is 6.04 Å². The predicted octanol–water partition coefficient (Wildman–Crippen LogP) is 3.60. The van der Waals surface area contributed by atoms with Crippen molar-refractivity contribution in [3.63, 3.8) is 0 Å². The molecule has 1 heterocycles. The van der Waals surface area contributed by atoms with Gasteiger partial charge in [-0.3, -0.25) is 4.90 Å². The van der Waals surface area contributed by atoms with E-state index in [9.17, 15) is 0 Å². The molecule has 1 unspecified atom stereocenters. The van der Waals surface area contributed by atoms with Crippen molar-refractivity contribution >= 4 is 0 Å². The number of methoxy groups -OCH3 is 2. The van der Waals surface area contributed by atoms with Crippen molar-refractivity contribution in [1.82, 2.24) is 4.90 Å². The van der Waals surface area contributed by atoms with Crippen molar-refractivity contribution in [2.24, 2.45) is 0 Å². The fraction of sp³-hybridized carbons (Fsp3) is 0.875. The first-order valence-electron chi connectivity index (χ1n) is 7.78. The summed E-state index contributed by atoms with van der Waals surface area (Å²) in [6.45, 7) is 4.79. The van der Waals surface area contributed by atoms with Crippen molar-refractivity contribution < 1.29 is 9.47 Å². The summed E-state index contributed by atoms with van der Waals surface area (Å²) in [7, 11) is 3.39. The smallest absolute Gasteiger partial charge is 0.160 e. The predicted molar refractivity (Wildman–Crippen MR) is 80.3 cm³/mol. The molecule has 0 aromatic heterocycles. The van der Waals surface area contributed by atoms with Gasteiger partial charge in [0.25, 0.3) is 0 Å². The molecule has 0 saturated carbocycles. The molecule has 1 saturated heterocycles. The molecule has 0 N–H and O–H groups in total. The lowest BCUT2D eigenvalue weighted by molar-refractivity contribution is -0.0986. The number of nitrogens with zero attached hydrogens (tertiary/aromatic N) is 1. The Bertz CT molecular complexity index is 233. The summed E-state index contributed by atoms with van der Waals surface area (Å²) < 4.78 is 10.4. The Morgan fingerprint density at radius 3 is 2.37 bits per heavy atom. The second-order valence-electron chi connectivity index (χ2n) is 5.37. The van der Waals surface area contributed by atoms with Crippen molar-refractivity contribution in [2.75, 3.05) is 27.3 Å². The highest BCUT2D eigenvalue weighted by molar-refractivity contribution is 4.95. The van der Waals surface area contributed by atoms with Crippen LogP contribution < -0.4 is 0 Å². The topological polar surface area (TPSA) is 21.7 Å². The number of unbranched alkanes of at least 4 members (excludes halogenated alkanes) is 1. The van der Waals surface area contributed by atoms with E-state index in [0.717, 1.165) is 6.42 Å². The first kappa shape index (κ1) is 16.7. The van der Waals surface area contributed by atoms with E-state index in [4.69, 9.17) is 9.47 Å². The van der Waals surface area contributed by atoms with Crippen molar-refractivity contribution in [1.29, 1.82) is 0 Å². The highest BCUT2D eigenvalue weighted by atomic mass is 16.7. The normalized spacial score (nSPS) is 19.4. The molecule has 0 amide bonds. The minimum atomic E-state index is -0.107. The SMILES string of the molecule is CCCCC(C=CCC(OC)OC)N1CCCCC1. The molecule has 0 aromatic rings. The number of hydrogen-bond donors (Lipinski definition) is 0. The van der Waals surface area contributed by atoms with E-state index < -0.39 is 0 Å². The second kappa shape index (κ2) is 10.4. The molecule has 1 aliphatic rings. The first-order chi connectivity index (χ1) is 9.31. The summed E-state index contributed by atoms with van der Waals surface area (Å²) in [6, 6.07) is 0.606. The molecule has 1 aliphatic heterocycles. The molecule has 0 bridgehead atoms. The maximum absolute atomic E-state index is 5.22. The monoisotopic (exact) mass is 269 g/mol. The van der Waals surface area contributed by atoms with Crippen LogP contribution in [0.25, 0.3) is 0 Å². The molecule has 1 rings (SSSR count). The maximum atomic E-state index is 5.22. The average Bonchev–Trinajstić information content (AvgIpc) is 2.47. The quantitative estimate of drug-likeness (QED) is 0.471. The van der Waals surface area contributed by atoms with Crippen molar-refractivity contribution in [3.8, 4) is 0 Å². The average molecular weight is 269 g/mol. The van der Waals surface area contributed by atoms with Crippen LogP contribution in [0.5, 0.6) is 0 Å². The third kappa shape index (κ3) is 6.55. The zero-order chi connectivity index (χ0) is 13.9. The zero-order valence-corrected chi connectivity index (χ0v) is 12.9. The molecule has 0 radical (unpaired) electrons. The van der Waals surface area contributed by atoms with Gasteiger partial charge >= 0.3 is 0 Å². The van der Waals surface area contributed by atoms with Crippen LogP contribution in [0.2, 0.25) is 0 Å². The Kier molecular flexibility index (Phi) is 9.14. The van der Waals surface area contributed by atoms with Gasteiger partial charge in [-0.25, -0.2) is 0 Å². The number of ether oxygens (including phenoxy) is 2. The van der Waals surface area contributed by atoms with Crippen LogP contribution in [0.15, 0.2) is 12.2 Å². The van der Waals surface area contributed by atoms with Gasteiger partial charge in [0.1, 0.15) is 0 Å². The van der Waals surface area contributed by atoms with Gasteiger partial charge in [0.05, 0.1) is 0 Å². The number of hydrogen-bond acceptors (Lipinski definition) is 3. The third-order valence-corrected chi connectivity index (χ3v) is 3.93.